The van der Waals surface area contributed by atoms with Gasteiger partial charge in [-0.2, -0.15) is 0 Å². The first-order valence-electron chi connectivity index (χ1n) is 5.38. The van der Waals surface area contributed by atoms with Crippen LogP contribution in [-0.2, 0) is 15.6 Å². The summed E-state index contributed by atoms with van der Waals surface area (Å²) in [4.78, 5) is 3.08. The van der Waals surface area contributed by atoms with Gasteiger partial charge in [0, 0.05) is 21.6 Å². The van der Waals surface area contributed by atoms with Gasteiger partial charge in [-0.1, -0.05) is 17.7 Å². The molecule has 0 saturated heterocycles. The van der Waals surface area contributed by atoms with Crippen LogP contribution in [0.4, 0.5) is 0 Å². The van der Waals surface area contributed by atoms with Crippen molar-refractivity contribution >= 4 is 32.3 Å². The summed E-state index contributed by atoms with van der Waals surface area (Å²) in [5.41, 5.74) is 1.55. The van der Waals surface area contributed by atoms with Crippen molar-refractivity contribution in [3.8, 4) is 0 Å². The molecule has 0 unspecified atom stereocenters. The van der Waals surface area contributed by atoms with E-state index >= 15 is 0 Å². The van der Waals surface area contributed by atoms with Gasteiger partial charge in [0.1, 0.15) is 0 Å². The average molecular weight is 272 g/mol. The average Bonchev–Trinajstić information content (AvgIpc) is 2.60. The molecule has 0 radical (unpaired) electrons. The van der Waals surface area contributed by atoms with Gasteiger partial charge in [0.15, 0.2) is 9.84 Å². The molecule has 92 valence electrons. The van der Waals surface area contributed by atoms with E-state index in [9.17, 15) is 8.42 Å². The second-order valence-electron chi connectivity index (χ2n) is 4.35. The summed E-state index contributed by atoms with van der Waals surface area (Å²) in [6, 6.07) is 7.31. The molecular formula is C12H14ClNO2S. The van der Waals surface area contributed by atoms with E-state index in [2.05, 4.69) is 4.98 Å². The maximum atomic E-state index is 11.8. The van der Waals surface area contributed by atoms with Gasteiger partial charge in [0.25, 0.3) is 0 Å². The van der Waals surface area contributed by atoms with E-state index in [0.29, 0.717) is 10.7 Å². The largest absolute Gasteiger partial charge is 0.358 e. The van der Waals surface area contributed by atoms with Crippen molar-refractivity contribution in [3.05, 3.63) is 35.0 Å². The summed E-state index contributed by atoms with van der Waals surface area (Å²) in [6.45, 7) is 3.37. The van der Waals surface area contributed by atoms with Gasteiger partial charge < -0.3 is 4.98 Å². The Hall–Kier alpha value is -1.00. The lowest BCUT2D eigenvalue weighted by Crippen LogP contribution is -2.16. The Labute approximate surface area is 106 Å². The molecule has 0 saturated carbocycles. The Bertz CT molecular complexity index is 644. The van der Waals surface area contributed by atoms with Crippen molar-refractivity contribution in [1.82, 2.24) is 4.98 Å². The van der Waals surface area contributed by atoms with Crippen molar-refractivity contribution in [2.75, 3.05) is 0 Å². The highest BCUT2D eigenvalue weighted by molar-refractivity contribution is 7.91. The van der Waals surface area contributed by atoms with Crippen LogP contribution in [0.1, 0.15) is 19.5 Å². The van der Waals surface area contributed by atoms with E-state index in [1.165, 1.54) is 0 Å². The molecular weight excluding hydrogens is 258 g/mol. The predicted octanol–water partition coefficient (Wildman–Crippen LogP) is 3.14. The van der Waals surface area contributed by atoms with Crippen molar-refractivity contribution in [2.45, 2.75) is 24.9 Å². The van der Waals surface area contributed by atoms with E-state index < -0.39 is 9.84 Å². The molecule has 0 fully saturated rings. The number of halogens is 1. The molecule has 0 amide bonds. The number of hydrogen-bond acceptors (Lipinski definition) is 2. The topological polar surface area (TPSA) is 49.9 Å². The minimum Gasteiger partial charge on any atom is -0.358 e. The molecule has 0 bridgehead atoms. The van der Waals surface area contributed by atoms with Gasteiger partial charge in [-0.25, -0.2) is 8.42 Å². The molecule has 0 spiro atoms. The lowest BCUT2D eigenvalue weighted by Gasteiger charge is -2.05. The van der Waals surface area contributed by atoms with Crippen LogP contribution < -0.4 is 0 Å². The SMILES string of the molecule is CC(C)S(=O)(=O)Cc1cc2c(Cl)cccc2[nH]1. The van der Waals surface area contributed by atoms with Gasteiger partial charge in [0.05, 0.1) is 11.0 Å². The maximum absolute atomic E-state index is 11.8. The van der Waals surface area contributed by atoms with Crippen molar-refractivity contribution < 1.29 is 8.42 Å². The highest BCUT2D eigenvalue weighted by Gasteiger charge is 2.18. The molecule has 1 heterocycles. The predicted molar refractivity (Wildman–Crippen MR) is 71.1 cm³/mol. The number of nitrogens with one attached hydrogen (secondary N) is 1. The number of aromatic nitrogens is 1. The standard InChI is InChI=1S/C12H14ClNO2S/c1-8(2)17(15,16)7-9-6-10-11(13)4-3-5-12(10)14-9/h3-6,8,14H,7H2,1-2H3. The molecule has 0 aliphatic carbocycles. The molecule has 5 heteroatoms. The summed E-state index contributed by atoms with van der Waals surface area (Å²) in [5, 5.41) is 1.12. The second-order valence-corrected chi connectivity index (χ2v) is 7.32. The smallest absolute Gasteiger partial charge is 0.158 e. The van der Waals surface area contributed by atoms with E-state index in [1.54, 1.807) is 26.0 Å². The Morgan fingerprint density at radius 3 is 2.65 bits per heavy atom. The zero-order valence-electron chi connectivity index (χ0n) is 9.70. The lowest BCUT2D eigenvalue weighted by atomic mass is 10.2. The van der Waals surface area contributed by atoms with Crippen molar-refractivity contribution in [3.63, 3.8) is 0 Å². The lowest BCUT2D eigenvalue weighted by molar-refractivity contribution is 0.586. The monoisotopic (exact) mass is 271 g/mol. The van der Waals surface area contributed by atoms with E-state index in [-0.39, 0.29) is 11.0 Å². The van der Waals surface area contributed by atoms with E-state index in [1.807, 2.05) is 12.1 Å². The number of aromatic amines is 1. The molecule has 2 aromatic rings. The maximum Gasteiger partial charge on any atom is 0.158 e. The normalized spacial score (nSPS) is 12.5. The Kier molecular flexibility index (Phi) is 3.19. The van der Waals surface area contributed by atoms with Gasteiger partial charge >= 0.3 is 0 Å². The van der Waals surface area contributed by atoms with Crippen LogP contribution in [0.15, 0.2) is 24.3 Å². The number of rotatable bonds is 3. The molecule has 0 aliphatic rings. The fraction of sp³-hybridized carbons (Fsp3) is 0.333. The molecule has 0 atom stereocenters. The fourth-order valence-electron chi connectivity index (χ4n) is 1.64. The first kappa shape index (κ1) is 12.5. The van der Waals surface area contributed by atoms with Gasteiger partial charge in [-0.05, 0) is 32.0 Å². The fourth-order valence-corrected chi connectivity index (χ4v) is 2.79. The van der Waals surface area contributed by atoms with E-state index in [0.717, 1.165) is 10.9 Å². The second kappa shape index (κ2) is 4.35. The highest BCUT2D eigenvalue weighted by Crippen LogP contribution is 2.25. The first-order valence-corrected chi connectivity index (χ1v) is 7.47. The van der Waals surface area contributed by atoms with Crippen LogP contribution in [0.3, 0.4) is 0 Å². The van der Waals surface area contributed by atoms with Crippen LogP contribution in [0.5, 0.6) is 0 Å². The summed E-state index contributed by atoms with van der Waals surface area (Å²) < 4.78 is 23.6. The third-order valence-electron chi connectivity index (χ3n) is 2.74. The number of sulfone groups is 1. The quantitative estimate of drug-likeness (QED) is 0.932. The third kappa shape index (κ3) is 2.48. The van der Waals surface area contributed by atoms with Gasteiger partial charge in [-0.15, -0.1) is 0 Å². The zero-order chi connectivity index (χ0) is 12.6. The summed E-state index contributed by atoms with van der Waals surface area (Å²) in [6.07, 6.45) is 0. The Balaban J connectivity index is 2.42. The van der Waals surface area contributed by atoms with Crippen LogP contribution in [0, 0.1) is 0 Å². The molecule has 1 aromatic carbocycles. The van der Waals surface area contributed by atoms with E-state index in [4.69, 9.17) is 11.6 Å². The first-order chi connectivity index (χ1) is 7.90. The van der Waals surface area contributed by atoms with Crippen LogP contribution in [0.25, 0.3) is 10.9 Å². The van der Waals surface area contributed by atoms with Crippen molar-refractivity contribution in [1.29, 1.82) is 0 Å². The Morgan fingerprint density at radius 1 is 1.35 bits per heavy atom. The summed E-state index contributed by atoms with van der Waals surface area (Å²) >= 11 is 6.03. The number of benzene rings is 1. The van der Waals surface area contributed by atoms with Gasteiger partial charge in [-0.3, -0.25) is 0 Å². The molecule has 1 aromatic heterocycles. The highest BCUT2D eigenvalue weighted by atomic mass is 35.5. The zero-order valence-corrected chi connectivity index (χ0v) is 11.3. The minimum absolute atomic E-state index is 0.0235. The number of hydrogen-bond donors (Lipinski definition) is 1. The Morgan fingerprint density at radius 2 is 2.06 bits per heavy atom. The van der Waals surface area contributed by atoms with Crippen LogP contribution in [-0.4, -0.2) is 18.7 Å². The number of fused-ring (bicyclic) bond motifs is 1. The van der Waals surface area contributed by atoms with Crippen LogP contribution in [0.2, 0.25) is 5.02 Å². The summed E-state index contributed by atoms with van der Waals surface area (Å²) in [7, 11) is -3.09. The third-order valence-corrected chi connectivity index (χ3v) is 5.22. The molecule has 2 rings (SSSR count). The van der Waals surface area contributed by atoms with Crippen molar-refractivity contribution in [2.24, 2.45) is 0 Å². The molecule has 1 N–H and O–H groups in total. The van der Waals surface area contributed by atoms with Crippen LogP contribution >= 0.6 is 11.6 Å². The van der Waals surface area contributed by atoms with Gasteiger partial charge in [0.2, 0.25) is 0 Å². The molecule has 3 nitrogen and oxygen atoms in total. The molecule has 17 heavy (non-hydrogen) atoms. The minimum atomic E-state index is -3.09. The number of H-pyrrole nitrogens is 1. The molecule has 0 aliphatic heterocycles. The summed E-state index contributed by atoms with van der Waals surface area (Å²) in [5.74, 6) is 0.0235.